The lowest BCUT2D eigenvalue weighted by Crippen LogP contribution is -2.48. The van der Waals surface area contributed by atoms with Gasteiger partial charge in [-0.05, 0) is 66.9 Å². The first-order valence-electron chi connectivity index (χ1n) is 10.6. The minimum Gasteiger partial charge on any atom is -0.459 e. The van der Waals surface area contributed by atoms with Crippen molar-refractivity contribution in [2.75, 3.05) is 24.5 Å². The molecule has 4 rings (SSSR count). The summed E-state index contributed by atoms with van der Waals surface area (Å²) in [5.74, 6) is 0.774. The third kappa shape index (κ3) is 4.58. The Morgan fingerprint density at radius 2 is 1.97 bits per heavy atom. The van der Waals surface area contributed by atoms with E-state index in [1.54, 1.807) is 23.2 Å². The molecule has 0 unspecified atom stereocenters. The smallest absolute Gasteiger partial charge is 0.363 e. The highest BCUT2D eigenvalue weighted by molar-refractivity contribution is 6.04. The summed E-state index contributed by atoms with van der Waals surface area (Å²) in [7, 11) is 0. The number of aryl methyl sites for hydroxylation is 2. The normalized spacial score (nSPS) is 15.3. The number of hydrogen-bond donors (Lipinski definition) is 0. The van der Waals surface area contributed by atoms with Gasteiger partial charge in [-0.1, -0.05) is 0 Å². The summed E-state index contributed by atoms with van der Waals surface area (Å²) >= 11 is 0. The molecular weight excluding hydrogens is 398 g/mol. The topological polar surface area (TPSA) is 102 Å². The number of hydrogen-bond acceptors (Lipinski definition) is 7. The second-order valence-corrected chi connectivity index (χ2v) is 7.72. The molecule has 4 heterocycles. The molecule has 10 nitrogen and oxygen atoms in total. The number of rotatable bonds is 7. The van der Waals surface area contributed by atoms with Crippen LogP contribution in [-0.2, 0) is 13.1 Å². The van der Waals surface area contributed by atoms with Gasteiger partial charge in [0.25, 0.3) is 5.91 Å². The van der Waals surface area contributed by atoms with Gasteiger partial charge in [-0.25, -0.2) is 9.78 Å². The second kappa shape index (κ2) is 9.25. The van der Waals surface area contributed by atoms with Gasteiger partial charge in [0.1, 0.15) is 5.82 Å². The molecule has 3 aromatic rings. The van der Waals surface area contributed by atoms with Crippen LogP contribution in [0.1, 0.15) is 35.9 Å². The monoisotopic (exact) mass is 425 g/mol. The molecule has 1 fully saturated rings. The number of amides is 1. The van der Waals surface area contributed by atoms with Crippen molar-refractivity contribution in [1.82, 2.24) is 29.7 Å². The highest BCUT2D eigenvalue weighted by atomic mass is 16.3. The zero-order valence-electron chi connectivity index (χ0n) is 17.8. The van der Waals surface area contributed by atoms with Gasteiger partial charge >= 0.3 is 5.69 Å². The molecular formula is C21H27N7O3. The maximum absolute atomic E-state index is 13.2. The summed E-state index contributed by atoms with van der Waals surface area (Å²) in [6.07, 6.45) is 4.84. The third-order valence-electron chi connectivity index (χ3n) is 5.65. The van der Waals surface area contributed by atoms with Crippen LogP contribution in [0.3, 0.4) is 0 Å². The van der Waals surface area contributed by atoms with E-state index in [4.69, 9.17) is 4.42 Å². The molecule has 0 aromatic carbocycles. The first-order valence-corrected chi connectivity index (χ1v) is 10.6. The SMILES string of the molecule is CCn1nnn(CCN2CCC(N(C(=O)c3ccco3)c3cc(C)ccn3)CC2)c1=O. The number of nitrogens with zero attached hydrogens (tertiary/aromatic N) is 7. The molecule has 0 spiro atoms. The molecule has 0 aliphatic carbocycles. The average Bonchev–Trinajstić information content (AvgIpc) is 3.43. The number of carbonyl (C=O) groups is 1. The predicted molar refractivity (Wildman–Crippen MR) is 114 cm³/mol. The van der Waals surface area contributed by atoms with Gasteiger partial charge in [-0.2, -0.15) is 9.36 Å². The lowest BCUT2D eigenvalue weighted by molar-refractivity contribution is 0.0931. The lowest BCUT2D eigenvalue weighted by atomic mass is 10.0. The van der Waals surface area contributed by atoms with Crippen LogP contribution < -0.4 is 10.6 Å². The van der Waals surface area contributed by atoms with Gasteiger partial charge in [0, 0.05) is 38.4 Å². The molecule has 31 heavy (non-hydrogen) atoms. The van der Waals surface area contributed by atoms with E-state index in [1.807, 2.05) is 26.0 Å². The fraction of sp³-hybridized carbons (Fsp3) is 0.476. The van der Waals surface area contributed by atoms with Gasteiger partial charge < -0.3 is 9.32 Å². The van der Waals surface area contributed by atoms with Crippen molar-refractivity contribution in [3.05, 3.63) is 58.5 Å². The van der Waals surface area contributed by atoms with Gasteiger partial charge in [0.15, 0.2) is 5.76 Å². The van der Waals surface area contributed by atoms with Crippen LogP contribution in [0.25, 0.3) is 0 Å². The van der Waals surface area contributed by atoms with E-state index in [9.17, 15) is 9.59 Å². The number of aromatic nitrogens is 5. The molecule has 10 heteroatoms. The van der Waals surface area contributed by atoms with Crippen molar-refractivity contribution in [1.29, 1.82) is 0 Å². The van der Waals surface area contributed by atoms with E-state index < -0.39 is 0 Å². The molecule has 0 N–H and O–H groups in total. The molecule has 164 valence electrons. The molecule has 3 aromatic heterocycles. The van der Waals surface area contributed by atoms with E-state index in [-0.39, 0.29) is 17.6 Å². The number of tetrazole rings is 1. The molecule has 1 aliphatic heterocycles. The van der Waals surface area contributed by atoms with Crippen molar-refractivity contribution < 1.29 is 9.21 Å². The molecule has 0 bridgehead atoms. The summed E-state index contributed by atoms with van der Waals surface area (Å²) in [5, 5.41) is 7.79. The van der Waals surface area contributed by atoms with Gasteiger partial charge in [0.05, 0.1) is 12.8 Å². The van der Waals surface area contributed by atoms with Crippen molar-refractivity contribution in [3.63, 3.8) is 0 Å². The first-order chi connectivity index (χ1) is 15.1. The Hall–Kier alpha value is -3.27. The zero-order chi connectivity index (χ0) is 21.8. The van der Waals surface area contributed by atoms with Crippen LogP contribution in [-0.4, -0.2) is 61.3 Å². The molecule has 1 saturated heterocycles. The highest BCUT2D eigenvalue weighted by Crippen LogP contribution is 2.25. The van der Waals surface area contributed by atoms with Crippen LogP contribution in [0.4, 0.5) is 5.82 Å². The first kappa shape index (κ1) is 21.0. The Morgan fingerprint density at radius 3 is 2.61 bits per heavy atom. The minimum absolute atomic E-state index is 0.0202. The zero-order valence-corrected chi connectivity index (χ0v) is 17.8. The van der Waals surface area contributed by atoms with Gasteiger partial charge in [-0.3, -0.25) is 9.69 Å². The Labute approximate surface area is 180 Å². The maximum Gasteiger partial charge on any atom is 0.363 e. The van der Waals surface area contributed by atoms with Crippen LogP contribution in [0, 0.1) is 6.92 Å². The lowest BCUT2D eigenvalue weighted by Gasteiger charge is -2.37. The quantitative estimate of drug-likeness (QED) is 0.566. The average molecular weight is 425 g/mol. The van der Waals surface area contributed by atoms with E-state index in [2.05, 4.69) is 20.3 Å². The number of furan rings is 1. The Morgan fingerprint density at radius 1 is 1.19 bits per heavy atom. The summed E-state index contributed by atoms with van der Waals surface area (Å²) in [6.45, 7) is 7.20. The molecule has 0 saturated carbocycles. The largest absolute Gasteiger partial charge is 0.459 e. The van der Waals surface area contributed by atoms with Crippen molar-refractivity contribution >= 4 is 11.7 Å². The number of piperidine rings is 1. The van der Waals surface area contributed by atoms with Crippen molar-refractivity contribution in [2.45, 2.75) is 45.8 Å². The number of pyridine rings is 1. The Bertz CT molecular complexity index is 1060. The van der Waals surface area contributed by atoms with Crippen molar-refractivity contribution in [3.8, 4) is 0 Å². The summed E-state index contributed by atoms with van der Waals surface area (Å²) in [4.78, 5) is 33.8. The van der Waals surface area contributed by atoms with E-state index in [1.165, 1.54) is 15.6 Å². The highest BCUT2D eigenvalue weighted by Gasteiger charge is 2.32. The Kier molecular flexibility index (Phi) is 6.26. The standard InChI is InChI=1S/C21H27N7O3/c1-3-26-21(30)27(24-23-26)13-12-25-10-7-17(8-11-25)28(19-15-16(2)6-9-22-19)20(29)18-5-4-14-31-18/h4-6,9,14-15,17H,3,7-8,10-13H2,1-2H3. The number of likely N-dealkylation sites (tertiary alicyclic amines) is 1. The molecule has 0 radical (unpaired) electrons. The second-order valence-electron chi connectivity index (χ2n) is 7.72. The fourth-order valence-electron chi connectivity index (χ4n) is 3.91. The van der Waals surface area contributed by atoms with E-state index in [0.29, 0.717) is 31.2 Å². The predicted octanol–water partition coefficient (Wildman–Crippen LogP) is 1.57. The summed E-state index contributed by atoms with van der Waals surface area (Å²) in [5.41, 5.74) is 0.864. The van der Waals surface area contributed by atoms with Crippen LogP contribution in [0.2, 0.25) is 0 Å². The van der Waals surface area contributed by atoms with Gasteiger partial charge in [0.2, 0.25) is 0 Å². The molecule has 0 atom stereocenters. The fourth-order valence-corrected chi connectivity index (χ4v) is 3.91. The number of anilines is 1. The Balaban J connectivity index is 1.43. The van der Waals surface area contributed by atoms with Crippen LogP contribution in [0.15, 0.2) is 45.9 Å². The van der Waals surface area contributed by atoms with Gasteiger partial charge in [-0.15, -0.1) is 0 Å². The van der Waals surface area contributed by atoms with Crippen LogP contribution in [0.5, 0.6) is 0 Å². The maximum atomic E-state index is 13.2. The molecule has 1 amide bonds. The minimum atomic E-state index is -0.182. The van der Waals surface area contributed by atoms with E-state index in [0.717, 1.165) is 31.5 Å². The summed E-state index contributed by atoms with van der Waals surface area (Å²) < 4.78 is 8.12. The van der Waals surface area contributed by atoms with Crippen molar-refractivity contribution in [2.24, 2.45) is 0 Å². The number of carbonyl (C=O) groups excluding carboxylic acids is 1. The summed E-state index contributed by atoms with van der Waals surface area (Å²) in [6, 6.07) is 7.26. The van der Waals surface area contributed by atoms with E-state index >= 15 is 0 Å². The third-order valence-corrected chi connectivity index (χ3v) is 5.65. The van der Waals surface area contributed by atoms with Crippen LogP contribution >= 0.6 is 0 Å². The molecule has 1 aliphatic rings.